The van der Waals surface area contributed by atoms with Crippen molar-refractivity contribution in [1.29, 1.82) is 0 Å². The molecular formula is C18H19N5O3. The molecule has 1 amide bonds. The number of ether oxygens (including phenoxy) is 1. The lowest BCUT2D eigenvalue weighted by atomic mass is 10.3. The minimum atomic E-state index is -0.271. The van der Waals surface area contributed by atoms with Crippen LogP contribution in [0.3, 0.4) is 0 Å². The Morgan fingerprint density at radius 1 is 1.31 bits per heavy atom. The molecule has 3 aromatic rings. The fourth-order valence-electron chi connectivity index (χ4n) is 3.11. The van der Waals surface area contributed by atoms with Crippen molar-refractivity contribution in [3.05, 3.63) is 53.2 Å². The van der Waals surface area contributed by atoms with Crippen LogP contribution in [0.25, 0.3) is 16.7 Å². The molecule has 8 heteroatoms. The van der Waals surface area contributed by atoms with Crippen molar-refractivity contribution in [3.63, 3.8) is 0 Å². The number of aromatic nitrogens is 4. The molecular weight excluding hydrogens is 334 g/mol. The Kier molecular flexibility index (Phi) is 4.26. The van der Waals surface area contributed by atoms with E-state index in [0.29, 0.717) is 30.7 Å². The van der Waals surface area contributed by atoms with Crippen LogP contribution in [-0.4, -0.2) is 55.9 Å². The molecule has 0 aliphatic carbocycles. The van der Waals surface area contributed by atoms with Gasteiger partial charge in [-0.2, -0.15) is 5.10 Å². The lowest BCUT2D eigenvalue weighted by molar-refractivity contribution is -0.138. The molecule has 1 aliphatic heterocycles. The highest BCUT2D eigenvalue weighted by atomic mass is 16.5. The lowest BCUT2D eigenvalue weighted by Gasteiger charge is -2.31. The number of carbonyl (C=O) groups is 1. The van der Waals surface area contributed by atoms with Gasteiger partial charge in [0, 0.05) is 13.1 Å². The van der Waals surface area contributed by atoms with Gasteiger partial charge in [-0.1, -0.05) is 18.2 Å². The smallest absolute Gasteiger partial charge is 0.264 e. The summed E-state index contributed by atoms with van der Waals surface area (Å²) in [5.41, 5.74) is 1.03. The summed E-state index contributed by atoms with van der Waals surface area (Å²) in [5.74, 6) is -0.112. The quantitative estimate of drug-likeness (QED) is 0.697. The van der Waals surface area contributed by atoms with Crippen molar-refractivity contribution in [2.24, 2.45) is 0 Å². The van der Waals surface area contributed by atoms with Gasteiger partial charge in [0.1, 0.15) is 18.3 Å². The Labute approximate surface area is 149 Å². The maximum atomic E-state index is 12.7. The molecule has 1 aromatic carbocycles. The molecule has 2 aromatic heterocycles. The van der Waals surface area contributed by atoms with E-state index in [1.54, 1.807) is 9.58 Å². The first-order chi connectivity index (χ1) is 12.6. The van der Waals surface area contributed by atoms with Crippen molar-refractivity contribution in [3.8, 4) is 5.69 Å². The van der Waals surface area contributed by atoms with Crippen LogP contribution < -0.4 is 5.56 Å². The molecule has 3 heterocycles. The molecule has 1 atom stereocenters. The first kappa shape index (κ1) is 16.5. The first-order valence-electron chi connectivity index (χ1n) is 8.51. The zero-order valence-electron chi connectivity index (χ0n) is 14.4. The van der Waals surface area contributed by atoms with Gasteiger partial charge in [0.25, 0.3) is 5.56 Å². The van der Waals surface area contributed by atoms with E-state index in [1.165, 1.54) is 17.1 Å². The van der Waals surface area contributed by atoms with Gasteiger partial charge in [-0.05, 0) is 19.1 Å². The average molecular weight is 353 g/mol. The van der Waals surface area contributed by atoms with E-state index in [-0.39, 0.29) is 24.1 Å². The monoisotopic (exact) mass is 353 g/mol. The highest BCUT2D eigenvalue weighted by Gasteiger charge is 2.22. The van der Waals surface area contributed by atoms with Gasteiger partial charge >= 0.3 is 0 Å². The fraction of sp³-hybridized carbons (Fsp3) is 0.333. The molecule has 1 aliphatic rings. The number of nitrogens with zero attached hydrogens (tertiary/aromatic N) is 5. The highest BCUT2D eigenvalue weighted by Crippen LogP contribution is 2.13. The second-order valence-electron chi connectivity index (χ2n) is 6.33. The van der Waals surface area contributed by atoms with Crippen molar-refractivity contribution in [2.75, 3.05) is 19.7 Å². The summed E-state index contributed by atoms with van der Waals surface area (Å²) in [5, 5.41) is 4.66. The third kappa shape index (κ3) is 2.99. The molecule has 0 spiro atoms. The summed E-state index contributed by atoms with van der Waals surface area (Å²) in [6.45, 7) is 3.49. The fourth-order valence-corrected chi connectivity index (χ4v) is 3.11. The van der Waals surface area contributed by atoms with Crippen molar-refractivity contribution in [1.82, 2.24) is 24.2 Å². The number of carbonyl (C=O) groups excluding carboxylic acids is 1. The molecule has 0 radical (unpaired) electrons. The number of rotatable bonds is 3. The van der Waals surface area contributed by atoms with Gasteiger partial charge in [0.2, 0.25) is 5.91 Å². The van der Waals surface area contributed by atoms with Crippen LogP contribution >= 0.6 is 0 Å². The van der Waals surface area contributed by atoms with E-state index in [9.17, 15) is 9.59 Å². The van der Waals surface area contributed by atoms with Gasteiger partial charge in [-0.15, -0.1) is 0 Å². The Bertz CT molecular complexity index is 995. The van der Waals surface area contributed by atoms with Crippen LogP contribution in [0.2, 0.25) is 0 Å². The minimum Gasteiger partial charge on any atom is -0.375 e. The van der Waals surface area contributed by atoms with Crippen LogP contribution in [0.1, 0.15) is 6.92 Å². The SMILES string of the molecule is CC1CN(C(=O)Cn2cnc3c(cnn3-c3ccccc3)c2=O)CCO1. The molecule has 8 nitrogen and oxygen atoms in total. The van der Waals surface area contributed by atoms with E-state index in [4.69, 9.17) is 4.74 Å². The number of benzene rings is 1. The number of morpholine rings is 1. The number of fused-ring (bicyclic) bond motifs is 1. The predicted octanol–water partition coefficient (Wildman–Crippen LogP) is 0.829. The summed E-state index contributed by atoms with van der Waals surface area (Å²) in [4.78, 5) is 31.3. The van der Waals surface area contributed by atoms with Crippen molar-refractivity contribution >= 4 is 16.9 Å². The Morgan fingerprint density at radius 3 is 2.88 bits per heavy atom. The molecule has 1 saturated heterocycles. The normalized spacial score (nSPS) is 17.6. The standard InChI is InChI=1S/C18H19N5O3/c1-13-10-21(7-8-26-13)16(24)11-22-12-19-17-15(18(22)25)9-20-23(17)14-5-3-2-4-6-14/h2-6,9,12-13H,7-8,10-11H2,1H3. The Balaban J connectivity index is 1.62. The minimum absolute atomic E-state index is 0.00846. The van der Waals surface area contributed by atoms with Gasteiger partial charge in [0.05, 0.1) is 24.6 Å². The van der Waals surface area contributed by atoms with Crippen LogP contribution in [0.4, 0.5) is 0 Å². The zero-order chi connectivity index (χ0) is 18.1. The Morgan fingerprint density at radius 2 is 2.12 bits per heavy atom. The summed E-state index contributed by atoms with van der Waals surface area (Å²) < 4.78 is 8.40. The van der Waals surface area contributed by atoms with Gasteiger partial charge in [-0.25, -0.2) is 9.67 Å². The zero-order valence-corrected chi connectivity index (χ0v) is 14.4. The van der Waals surface area contributed by atoms with E-state index in [1.807, 2.05) is 37.3 Å². The Hall–Kier alpha value is -3.00. The molecule has 0 bridgehead atoms. The van der Waals surface area contributed by atoms with Gasteiger partial charge in [-0.3, -0.25) is 14.2 Å². The summed E-state index contributed by atoms with van der Waals surface area (Å²) in [6, 6.07) is 9.48. The molecule has 134 valence electrons. The summed E-state index contributed by atoms with van der Waals surface area (Å²) in [7, 11) is 0. The molecule has 4 rings (SSSR count). The van der Waals surface area contributed by atoms with E-state index in [2.05, 4.69) is 10.1 Å². The number of hydrogen-bond donors (Lipinski definition) is 0. The lowest BCUT2D eigenvalue weighted by Crippen LogP contribution is -2.46. The second-order valence-corrected chi connectivity index (χ2v) is 6.33. The molecule has 0 N–H and O–H groups in total. The molecule has 26 heavy (non-hydrogen) atoms. The second kappa shape index (κ2) is 6.72. The van der Waals surface area contributed by atoms with Crippen LogP contribution in [0.5, 0.6) is 0 Å². The third-order valence-electron chi connectivity index (χ3n) is 4.45. The average Bonchev–Trinajstić information content (AvgIpc) is 3.09. The van der Waals surface area contributed by atoms with E-state index >= 15 is 0 Å². The largest absolute Gasteiger partial charge is 0.375 e. The molecule has 0 saturated carbocycles. The van der Waals surface area contributed by atoms with Crippen LogP contribution in [0.15, 0.2) is 47.7 Å². The van der Waals surface area contributed by atoms with Gasteiger partial charge in [0.15, 0.2) is 5.65 Å². The van der Waals surface area contributed by atoms with Crippen molar-refractivity contribution in [2.45, 2.75) is 19.6 Å². The number of amides is 1. The van der Waals surface area contributed by atoms with E-state index < -0.39 is 0 Å². The summed E-state index contributed by atoms with van der Waals surface area (Å²) >= 11 is 0. The maximum absolute atomic E-state index is 12.7. The van der Waals surface area contributed by atoms with Crippen LogP contribution in [-0.2, 0) is 16.1 Å². The number of hydrogen-bond acceptors (Lipinski definition) is 5. The predicted molar refractivity (Wildman–Crippen MR) is 95.1 cm³/mol. The summed E-state index contributed by atoms with van der Waals surface area (Å²) in [6.07, 6.45) is 2.91. The van der Waals surface area contributed by atoms with Gasteiger partial charge < -0.3 is 9.64 Å². The van der Waals surface area contributed by atoms with Crippen molar-refractivity contribution < 1.29 is 9.53 Å². The molecule has 1 unspecified atom stereocenters. The third-order valence-corrected chi connectivity index (χ3v) is 4.45. The first-order valence-corrected chi connectivity index (χ1v) is 8.51. The van der Waals surface area contributed by atoms with E-state index in [0.717, 1.165) is 5.69 Å². The molecule has 1 fully saturated rings. The van der Waals surface area contributed by atoms with Crippen LogP contribution in [0, 0.1) is 0 Å². The number of para-hydroxylation sites is 1. The highest BCUT2D eigenvalue weighted by molar-refractivity contribution is 5.78. The topological polar surface area (TPSA) is 82.3 Å². The maximum Gasteiger partial charge on any atom is 0.264 e.